The molecule has 0 saturated heterocycles. The Morgan fingerprint density at radius 2 is 2.30 bits per heavy atom. The molecule has 1 aromatic carbocycles. The molecule has 1 rings (SSSR count). The maximum absolute atomic E-state index is 5.36. The van der Waals surface area contributed by atoms with Gasteiger partial charge in [0, 0.05) is 0 Å². The molecule has 1 radical (unpaired) electrons. The van der Waals surface area contributed by atoms with Gasteiger partial charge in [0.25, 0.3) is 0 Å². The van der Waals surface area contributed by atoms with Crippen molar-refractivity contribution in [3.63, 3.8) is 0 Å². The Labute approximate surface area is 61.9 Å². The molecule has 0 aliphatic carbocycles. The summed E-state index contributed by atoms with van der Waals surface area (Å²) in [5.41, 5.74) is 6.62. The summed E-state index contributed by atoms with van der Waals surface area (Å²) in [5.74, 6) is 0. The summed E-state index contributed by atoms with van der Waals surface area (Å²) in [6.07, 6.45) is 2.11. The first-order chi connectivity index (χ1) is 4.93. The van der Waals surface area contributed by atoms with Crippen LogP contribution in [0, 0.1) is 6.07 Å². The zero-order valence-electron chi connectivity index (χ0n) is 6.01. The van der Waals surface area contributed by atoms with Gasteiger partial charge < -0.3 is 5.73 Å². The fourth-order valence-electron chi connectivity index (χ4n) is 0.879. The normalized spacial score (nSPS) is 9.70. The molecule has 0 saturated carbocycles. The number of hydrogen-bond acceptors (Lipinski definition) is 1. The smallest absolute Gasteiger partial charge is 0.00741 e. The molecule has 2 N–H and O–H groups in total. The maximum atomic E-state index is 5.36. The van der Waals surface area contributed by atoms with Crippen LogP contribution in [0.15, 0.2) is 24.3 Å². The van der Waals surface area contributed by atoms with E-state index in [0.29, 0.717) is 0 Å². The number of hydrogen-bond donors (Lipinski definition) is 1. The van der Waals surface area contributed by atoms with Crippen LogP contribution in [-0.4, -0.2) is 6.54 Å². The Kier molecular flexibility index (Phi) is 2.97. The molecule has 0 aliphatic rings. The van der Waals surface area contributed by atoms with Gasteiger partial charge in [-0.15, -0.1) is 0 Å². The quantitative estimate of drug-likeness (QED) is 0.664. The summed E-state index contributed by atoms with van der Waals surface area (Å²) in [7, 11) is 0. The van der Waals surface area contributed by atoms with Gasteiger partial charge in [0.1, 0.15) is 0 Å². The lowest BCUT2D eigenvalue weighted by Gasteiger charge is -1.95. The standard InChI is InChI=1S/C9H12N/c10-8-4-7-9-5-2-1-3-6-9/h1-3,5H,4,7-8,10H2. The van der Waals surface area contributed by atoms with Crippen molar-refractivity contribution < 1.29 is 0 Å². The monoisotopic (exact) mass is 134 g/mol. The van der Waals surface area contributed by atoms with Gasteiger partial charge in [-0.1, -0.05) is 24.3 Å². The highest BCUT2D eigenvalue weighted by molar-refractivity contribution is 5.12. The van der Waals surface area contributed by atoms with Crippen molar-refractivity contribution in [3.8, 4) is 0 Å². The third-order valence-corrected chi connectivity index (χ3v) is 1.42. The van der Waals surface area contributed by atoms with Gasteiger partial charge in [0.2, 0.25) is 0 Å². The lowest BCUT2D eigenvalue weighted by molar-refractivity contribution is 0.832. The molecule has 0 unspecified atom stereocenters. The van der Waals surface area contributed by atoms with Gasteiger partial charge >= 0.3 is 0 Å². The van der Waals surface area contributed by atoms with Crippen LogP contribution in [0.3, 0.4) is 0 Å². The first-order valence-electron chi connectivity index (χ1n) is 3.59. The zero-order chi connectivity index (χ0) is 7.23. The second kappa shape index (κ2) is 4.07. The van der Waals surface area contributed by atoms with E-state index in [1.165, 1.54) is 5.56 Å². The van der Waals surface area contributed by atoms with Crippen molar-refractivity contribution in [2.24, 2.45) is 5.73 Å². The van der Waals surface area contributed by atoms with Crippen molar-refractivity contribution in [2.45, 2.75) is 12.8 Å². The van der Waals surface area contributed by atoms with E-state index >= 15 is 0 Å². The molecule has 0 aliphatic heterocycles. The van der Waals surface area contributed by atoms with Crippen LogP contribution in [0.5, 0.6) is 0 Å². The van der Waals surface area contributed by atoms with Crippen LogP contribution in [0.2, 0.25) is 0 Å². The summed E-state index contributed by atoms with van der Waals surface area (Å²) in [5, 5.41) is 0. The van der Waals surface area contributed by atoms with E-state index in [9.17, 15) is 0 Å². The van der Waals surface area contributed by atoms with Crippen LogP contribution in [0.4, 0.5) is 0 Å². The van der Waals surface area contributed by atoms with E-state index in [0.717, 1.165) is 19.4 Å². The van der Waals surface area contributed by atoms with Crippen LogP contribution < -0.4 is 5.73 Å². The highest BCUT2D eigenvalue weighted by Gasteiger charge is 1.88. The zero-order valence-corrected chi connectivity index (χ0v) is 6.01. The molecule has 1 heteroatoms. The summed E-state index contributed by atoms with van der Waals surface area (Å²) in [6, 6.07) is 11.2. The maximum Gasteiger partial charge on any atom is -0.00741 e. The molecular weight excluding hydrogens is 122 g/mol. The fraction of sp³-hybridized carbons (Fsp3) is 0.333. The van der Waals surface area contributed by atoms with E-state index in [2.05, 4.69) is 12.1 Å². The van der Waals surface area contributed by atoms with Gasteiger partial charge in [0.15, 0.2) is 0 Å². The van der Waals surface area contributed by atoms with E-state index in [1.807, 2.05) is 18.2 Å². The highest BCUT2D eigenvalue weighted by atomic mass is 14.5. The van der Waals surface area contributed by atoms with Gasteiger partial charge in [-0.2, -0.15) is 0 Å². The minimum absolute atomic E-state index is 0.767. The van der Waals surface area contributed by atoms with Crippen molar-refractivity contribution >= 4 is 0 Å². The van der Waals surface area contributed by atoms with Crippen molar-refractivity contribution in [1.29, 1.82) is 0 Å². The molecule has 0 heterocycles. The summed E-state index contributed by atoms with van der Waals surface area (Å²) in [4.78, 5) is 0. The average molecular weight is 134 g/mol. The largest absolute Gasteiger partial charge is 0.330 e. The Morgan fingerprint density at radius 1 is 1.40 bits per heavy atom. The third-order valence-electron chi connectivity index (χ3n) is 1.42. The van der Waals surface area contributed by atoms with Gasteiger partial charge in [0.05, 0.1) is 0 Å². The Hall–Kier alpha value is -0.820. The van der Waals surface area contributed by atoms with Gasteiger partial charge in [-0.05, 0) is 31.0 Å². The predicted octanol–water partition coefficient (Wildman–Crippen LogP) is 1.38. The van der Waals surface area contributed by atoms with E-state index in [4.69, 9.17) is 5.73 Å². The Morgan fingerprint density at radius 3 is 2.90 bits per heavy atom. The van der Waals surface area contributed by atoms with Crippen molar-refractivity contribution in [1.82, 2.24) is 0 Å². The topological polar surface area (TPSA) is 26.0 Å². The van der Waals surface area contributed by atoms with E-state index < -0.39 is 0 Å². The molecule has 0 aromatic heterocycles. The number of benzene rings is 1. The summed E-state index contributed by atoms with van der Waals surface area (Å²) in [6.45, 7) is 0.767. The lowest BCUT2D eigenvalue weighted by atomic mass is 10.1. The third kappa shape index (κ3) is 2.19. The number of aryl methyl sites for hydroxylation is 1. The molecule has 1 nitrogen and oxygen atoms in total. The molecule has 0 spiro atoms. The van der Waals surface area contributed by atoms with Crippen LogP contribution >= 0.6 is 0 Å². The molecule has 10 heavy (non-hydrogen) atoms. The average Bonchev–Trinajstić information content (AvgIpc) is 2.03. The highest BCUT2D eigenvalue weighted by Crippen LogP contribution is 1.99. The van der Waals surface area contributed by atoms with Crippen LogP contribution in [-0.2, 0) is 6.42 Å². The molecule has 0 amide bonds. The Bertz CT molecular complexity index is 169. The molecule has 0 atom stereocenters. The lowest BCUT2D eigenvalue weighted by Crippen LogP contribution is -1.99. The minimum Gasteiger partial charge on any atom is -0.330 e. The predicted molar refractivity (Wildman–Crippen MR) is 42.7 cm³/mol. The Balaban J connectivity index is 2.43. The molecule has 0 fully saturated rings. The minimum atomic E-state index is 0.767. The number of rotatable bonds is 3. The van der Waals surface area contributed by atoms with E-state index in [1.54, 1.807) is 0 Å². The SMILES string of the molecule is NCCCc1[c]cccc1. The number of nitrogens with two attached hydrogens (primary N) is 1. The van der Waals surface area contributed by atoms with Crippen molar-refractivity contribution in [2.75, 3.05) is 6.54 Å². The molecule has 1 aromatic rings. The van der Waals surface area contributed by atoms with Crippen LogP contribution in [0.1, 0.15) is 12.0 Å². The summed E-state index contributed by atoms with van der Waals surface area (Å²) < 4.78 is 0. The fourth-order valence-corrected chi connectivity index (χ4v) is 0.879. The second-order valence-corrected chi connectivity index (χ2v) is 2.28. The van der Waals surface area contributed by atoms with Gasteiger partial charge in [-0.25, -0.2) is 0 Å². The summed E-state index contributed by atoms with van der Waals surface area (Å²) >= 11 is 0. The van der Waals surface area contributed by atoms with Crippen molar-refractivity contribution in [3.05, 3.63) is 35.9 Å². The first kappa shape index (κ1) is 7.29. The first-order valence-corrected chi connectivity index (χ1v) is 3.59. The molecule has 0 bridgehead atoms. The molecular formula is C9H12N. The van der Waals surface area contributed by atoms with Gasteiger partial charge in [-0.3, -0.25) is 0 Å². The van der Waals surface area contributed by atoms with E-state index in [-0.39, 0.29) is 0 Å². The van der Waals surface area contributed by atoms with Crippen LogP contribution in [0.25, 0.3) is 0 Å². The molecule has 53 valence electrons. The second-order valence-electron chi connectivity index (χ2n) is 2.28.